The molecular weight excluding hydrogens is 270 g/mol. The summed E-state index contributed by atoms with van der Waals surface area (Å²) in [6.45, 7) is 4.20. The third-order valence-electron chi connectivity index (χ3n) is 4.36. The van der Waals surface area contributed by atoms with E-state index < -0.39 is 0 Å². The van der Waals surface area contributed by atoms with Gasteiger partial charge >= 0.3 is 0 Å². The quantitative estimate of drug-likeness (QED) is 0.800. The van der Waals surface area contributed by atoms with Crippen LogP contribution in [0.4, 0.5) is 0 Å². The van der Waals surface area contributed by atoms with E-state index in [0.717, 1.165) is 12.8 Å². The van der Waals surface area contributed by atoms with Crippen molar-refractivity contribution in [1.29, 1.82) is 0 Å². The topological polar surface area (TPSA) is 29.5 Å². The second-order valence-corrected chi connectivity index (χ2v) is 6.10. The molecule has 3 rings (SSSR count). The molecule has 0 aromatic heterocycles. The van der Waals surface area contributed by atoms with Crippen LogP contribution in [0.5, 0.6) is 0 Å². The maximum absolute atomic E-state index is 12.5. The van der Waals surface area contributed by atoms with Gasteiger partial charge in [0.05, 0.1) is 0 Å². The monoisotopic (exact) mass is 289 g/mol. The molecule has 0 radical (unpaired) electrons. The summed E-state index contributed by atoms with van der Waals surface area (Å²) in [5, 5.41) is 0.350. The van der Waals surface area contributed by atoms with E-state index in [-0.39, 0.29) is 18.1 Å². The maximum Gasteiger partial charge on any atom is 0.267 e. The Bertz CT molecular complexity index is 557. The minimum absolute atomic E-state index is 0.000725. The van der Waals surface area contributed by atoms with Gasteiger partial charge in [-0.2, -0.15) is 0 Å². The summed E-state index contributed by atoms with van der Waals surface area (Å²) in [6, 6.07) is 8.22. The van der Waals surface area contributed by atoms with Crippen LogP contribution < -0.4 is 0 Å². The summed E-state index contributed by atoms with van der Waals surface area (Å²) in [6.07, 6.45) is 2.37. The highest BCUT2D eigenvalue weighted by molar-refractivity contribution is 7.80. The number of carbonyl (C=O) groups is 1. The van der Waals surface area contributed by atoms with Gasteiger partial charge in [-0.25, -0.2) is 0 Å². The molecule has 1 fully saturated rings. The van der Waals surface area contributed by atoms with E-state index in [0.29, 0.717) is 17.5 Å². The smallest absolute Gasteiger partial charge is 0.267 e. The number of thiocarbonyl (C=S) groups is 1. The van der Waals surface area contributed by atoms with Crippen LogP contribution >= 0.6 is 12.2 Å². The molecular formula is C16H19NO2S. The molecule has 1 aliphatic heterocycles. The lowest BCUT2D eigenvalue weighted by Crippen LogP contribution is -2.35. The van der Waals surface area contributed by atoms with Crippen LogP contribution in [0.1, 0.15) is 43.9 Å². The lowest BCUT2D eigenvalue weighted by Gasteiger charge is -2.22. The first-order chi connectivity index (χ1) is 9.61. The Morgan fingerprint density at radius 1 is 1.50 bits per heavy atom. The molecule has 1 amide bonds. The third kappa shape index (κ3) is 2.12. The Morgan fingerprint density at radius 2 is 2.25 bits per heavy atom. The molecule has 0 unspecified atom stereocenters. The average Bonchev–Trinajstić information content (AvgIpc) is 2.92. The average molecular weight is 289 g/mol. The Kier molecular flexibility index (Phi) is 3.50. The van der Waals surface area contributed by atoms with Gasteiger partial charge in [0, 0.05) is 12.8 Å². The summed E-state index contributed by atoms with van der Waals surface area (Å²) in [4.78, 5) is 14.2. The molecule has 3 atom stereocenters. The second-order valence-electron chi connectivity index (χ2n) is 5.75. The minimum Gasteiger partial charge on any atom is -0.464 e. The lowest BCUT2D eigenvalue weighted by atomic mass is 10.0. The van der Waals surface area contributed by atoms with Gasteiger partial charge in [0.2, 0.25) is 5.91 Å². The third-order valence-corrected chi connectivity index (χ3v) is 4.66. The van der Waals surface area contributed by atoms with Crippen LogP contribution in [0.15, 0.2) is 24.3 Å². The zero-order valence-corrected chi connectivity index (χ0v) is 12.7. The van der Waals surface area contributed by atoms with E-state index in [1.165, 1.54) is 11.1 Å². The summed E-state index contributed by atoms with van der Waals surface area (Å²) in [7, 11) is 0. The molecule has 1 aromatic rings. The van der Waals surface area contributed by atoms with E-state index in [1.54, 1.807) is 4.90 Å². The standard InChI is InChI=1S/C16H19NO2S/c1-3-10(2)8-14(18)17-15-12-7-5-4-6-11(12)9-13(15)19-16(17)20/h4-7,10,13,15H,3,8-9H2,1-2H3/t10-,13-,15+/m1/s1. The lowest BCUT2D eigenvalue weighted by molar-refractivity contribution is -0.129. The molecule has 0 spiro atoms. The summed E-state index contributed by atoms with van der Waals surface area (Å²) in [5.41, 5.74) is 2.46. The van der Waals surface area contributed by atoms with Crippen LogP contribution in [0.3, 0.4) is 0 Å². The van der Waals surface area contributed by atoms with Gasteiger partial charge < -0.3 is 4.74 Å². The fraction of sp³-hybridized carbons (Fsp3) is 0.500. The SMILES string of the molecule is CC[C@@H](C)CC(=O)N1C(=S)O[C@@H]2Cc3ccccc3[C@@H]21. The first kappa shape index (κ1) is 13.6. The number of hydrogen-bond donors (Lipinski definition) is 0. The van der Waals surface area contributed by atoms with Crippen LogP contribution in [0, 0.1) is 5.92 Å². The molecule has 0 saturated carbocycles. The highest BCUT2D eigenvalue weighted by atomic mass is 32.1. The molecule has 4 heteroatoms. The van der Waals surface area contributed by atoms with E-state index >= 15 is 0 Å². The minimum atomic E-state index is -0.0183. The van der Waals surface area contributed by atoms with Crippen molar-refractivity contribution >= 4 is 23.3 Å². The highest BCUT2D eigenvalue weighted by Gasteiger charge is 2.48. The first-order valence-electron chi connectivity index (χ1n) is 7.22. The summed E-state index contributed by atoms with van der Waals surface area (Å²) >= 11 is 5.27. The fourth-order valence-electron chi connectivity index (χ4n) is 3.05. The van der Waals surface area contributed by atoms with Crippen LogP contribution in [0.25, 0.3) is 0 Å². The zero-order chi connectivity index (χ0) is 14.3. The van der Waals surface area contributed by atoms with E-state index in [2.05, 4.69) is 26.0 Å². The molecule has 1 heterocycles. The Morgan fingerprint density at radius 3 is 3.00 bits per heavy atom. The zero-order valence-electron chi connectivity index (χ0n) is 11.8. The van der Waals surface area contributed by atoms with Crippen molar-refractivity contribution in [3.8, 4) is 0 Å². The van der Waals surface area contributed by atoms with Crippen LogP contribution in [-0.4, -0.2) is 22.1 Å². The molecule has 0 bridgehead atoms. The largest absolute Gasteiger partial charge is 0.464 e. The van der Waals surface area contributed by atoms with Gasteiger partial charge in [-0.1, -0.05) is 44.5 Å². The second kappa shape index (κ2) is 5.17. The first-order valence-corrected chi connectivity index (χ1v) is 7.63. The normalized spacial score (nSPS) is 25.1. The van der Waals surface area contributed by atoms with Crippen molar-refractivity contribution in [3.63, 3.8) is 0 Å². The van der Waals surface area contributed by atoms with Gasteiger partial charge in [0.1, 0.15) is 12.1 Å². The molecule has 1 saturated heterocycles. The summed E-state index contributed by atoms with van der Waals surface area (Å²) in [5.74, 6) is 0.467. The molecule has 106 valence electrons. The van der Waals surface area contributed by atoms with E-state index in [9.17, 15) is 4.79 Å². The van der Waals surface area contributed by atoms with Crippen molar-refractivity contribution in [3.05, 3.63) is 35.4 Å². The van der Waals surface area contributed by atoms with Crippen LogP contribution in [0.2, 0.25) is 0 Å². The molecule has 3 nitrogen and oxygen atoms in total. The summed E-state index contributed by atoms with van der Waals surface area (Å²) < 4.78 is 5.75. The number of benzene rings is 1. The number of carbonyl (C=O) groups excluding carboxylic acids is 1. The number of amides is 1. The van der Waals surface area contributed by atoms with E-state index in [4.69, 9.17) is 17.0 Å². The van der Waals surface area contributed by atoms with Gasteiger partial charge in [-0.15, -0.1) is 0 Å². The number of nitrogens with zero attached hydrogens (tertiary/aromatic N) is 1. The molecule has 20 heavy (non-hydrogen) atoms. The molecule has 1 aromatic carbocycles. The fourth-order valence-corrected chi connectivity index (χ4v) is 3.39. The van der Waals surface area contributed by atoms with Gasteiger partial charge in [-0.05, 0) is 29.3 Å². The number of hydrogen-bond acceptors (Lipinski definition) is 3. The van der Waals surface area contributed by atoms with Crippen LogP contribution in [-0.2, 0) is 16.0 Å². The molecule has 1 aliphatic carbocycles. The predicted molar refractivity (Wildman–Crippen MR) is 81.3 cm³/mol. The van der Waals surface area contributed by atoms with Crippen molar-refractivity contribution in [2.24, 2.45) is 5.92 Å². The molecule has 2 aliphatic rings. The number of fused-ring (bicyclic) bond motifs is 3. The van der Waals surface area contributed by atoms with Crippen molar-refractivity contribution < 1.29 is 9.53 Å². The van der Waals surface area contributed by atoms with Gasteiger partial charge in [0.25, 0.3) is 5.17 Å². The Balaban J connectivity index is 1.88. The van der Waals surface area contributed by atoms with Gasteiger partial charge in [-0.3, -0.25) is 9.69 Å². The van der Waals surface area contributed by atoms with Crippen molar-refractivity contribution in [2.45, 2.75) is 45.3 Å². The van der Waals surface area contributed by atoms with E-state index in [1.807, 2.05) is 12.1 Å². The predicted octanol–water partition coefficient (Wildman–Crippen LogP) is 3.23. The number of rotatable bonds is 3. The van der Waals surface area contributed by atoms with Gasteiger partial charge in [0.15, 0.2) is 0 Å². The maximum atomic E-state index is 12.5. The van der Waals surface area contributed by atoms with Crippen molar-refractivity contribution in [2.75, 3.05) is 0 Å². The molecule has 0 N–H and O–H groups in total. The van der Waals surface area contributed by atoms with Crippen molar-refractivity contribution in [1.82, 2.24) is 4.90 Å². The Labute approximate surface area is 124 Å². The Hall–Kier alpha value is -1.42. The highest BCUT2D eigenvalue weighted by Crippen LogP contribution is 2.43. The number of ether oxygens (including phenoxy) is 1.